The van der Waals surface area contributed by atoms with Crippen LogP contribution in [0.1, 0.15) is 34.3 Å². The van der Waals surface area contributed by atoms with Crippen LogP contribution in [0.5, 0.6) is 0 Å². The summed E-state index contributed by atoms with van der Waals surface area (Å²) in [7, 11) is 0. The van der Waals surface area contributed by atoms with Gasteiger partial charge in [-0.15, -0.1) is 0 Å². The number of carbonyl (C=O) groups excluding carboxylic acids is 2. The van der Waals surface area contributed by atoms with Crippen molar-refractivity contribution in [1.82, 2.24) is 15.3 Å². The molecule has 0 unspecified atom stereocenters. The Morgan fingerprint density at radius 3 is 2.07 bits per heavy atom. The summed E-state index contributed by atoms with van der Waals surface area (Å²) < 4.78 is 39.4. The lowest BCUT2D eigenvalue weighted by atomic mass is 9.73. The van der Waals surface area contributed by atoms with Crippen LogP contribution in [-0.4, -0.2) is 41.0 Å². The summed E-state index contributed by atoms with van der Waals surface area (Å²) in [5, 5.41) is 8.27. The fourth-order valence-corrected chi connectivity index (χ4v) is 6.08. The Labute approximate surface area is 263 Å². The number of pyridine rings is 2. The van der Waals surface area contributed by atoms with Crippen LogP contribution in [0, 0.1) is 0 Å². The molecule has 2 amide bonds. The average molecular weight is 622 g/mol. The van der Waals surface area contributed by atoms with Gasteiger partial charge >= 0.3 is 6.18 Å². The molecule has 3 N–H and O–H groups in total. The molecular formula is C36H30F3N5O2. The molecule has 1 aliphatic rings. The van der Waals surface area contributed by atoms with Crippen molar-refractivity contribution >= 4 is 23.3 Å². The van der Waals surface area contributed by atoms with Gasteiger partial charge in [-0.2, -0.15) is 13.2 Å². The van der Waals surface area contributed by atoms with Gasteiger partial charge in [0, 0.05) is 30.1 Å². The summed E-state index contributed by atoms with van der Waals surface area (Å²) in [5.41, 5.74) is 4.58. The van der Waals surface area contributed by atoms with E-state index in [1.807, 2.05) is 60.7 Å². The van der Waals surface area contributed by atoms with E-state index in [4.69, 9.17) is 0 Å². The molecule has 10 heteroatoms. The van der Waals surface area contributed by atoms with Crippen LogP contribution in [-0.2, 0) is 10.2 Å². The maximum atomic E-state index is 13.7. The van der Waals surface area contributed by atoms with Gasteiger partial charge in [-0.1, -0.05) is 72.8 Å². The third-order valence-corrected chi connectivity index (χ3v) is 8.11. The highest BCUT2D eigenvalue weighted by molar-refractivity contribution is 6.08. The van der Waals surface area contributed by atoms with Crippen LogP contribution in [0.25, 0.3) is 22.3 Å². The average Bonchev–Trinajstić information content (AvgIpc) is 3.37. The van der Waals surface area contributed by atoms with Gasteiger partial charge in [0.2, 0.25) is 5.91 Å². The normalized spacial score (nSPS) is 12.9. The second-order valence-electron chi connectivity index (χ2n) is 11.0. The Kier molecular flexibility index (Phi) is 8.52. The third-order valence-electron chi connectivity index (χ3n) is 8.11. The zero-order valence-corrected chi connectivity index (χ0v) is 24.6. The lowest BCUT2D eigenvalue weighted by molar-refractivity contribution is -0.141. The zero-order valence-electron chi connectivity index (χ0n) is 24.6. The van der Waals surface area contributed by atoms with Gasteiger partial charge in [0.05, 0.1) is 11.9 Å². The summed E-state index contributed by atoms with van der Waals surface area (Å²) in [4.78, 5) is 35.3. The molecule has 6 rings (SSSR count). The largest absolute Gasteiger partial charge is 0.405 e. The van der Waals surface area contributed by atoms with E-state index in [1.165, 1.54) is 0 Å². The number of fused-ring (bicyclic) bond motifs is 3. The zero-order chi connectivity index (χ0) is 32.1. The molecule has 0 atom stereocenters. The number of nitrogens with one attached hydrogen (secondary N) is 3. The molecule has 0 fully saturated rings. The number of anilines is 2. The summed E-state index contributed by atoms with van der Waals surface area (Å²) in [6, 6.07) is 29.2. The van der Waals surface area contributed by atoms with E-state index in [9.17, 15) is 22.8 Å². The maximum absolute atomic E-state index is 13.7. The molecule has 1 aliphatic carbocycles. The molecule has 0 bridgehead atoms. The van der Waals surface area contributed by atoms with Crippen LogP contribution in [0.2, 0.25) is 0 Å². The summed E-state index contributed by atoms with van der Waals surface area (Å²) in [5.74, 6) is -0.607. The molecule has 0 saturated carbocycles. The minimum atomic E-state index is -4.53. The second kappa shape index (κ2) is 12.8. The Bertz CT molecular complexity index is 1810. The van der Waals surface area contributed by atoms with Gasteiger partial charge in [-0.25, -0.2) is 4.98 Å². The Balaban J connectivity index is 1.13. The number of amides is 2. The fourth-order valence-electron chi connectivity index (χ4n) is 6.08. The van der Waals surface area contributed by atoms with E-state index in [-0.39, 0.29) is 12.3 Å². The molecule has 0 aliphatic heterocycles. The first kappa shape index (κ1) is 30.5. The number of halogens is 3. The summed E-state index contributed by atoms with van der Waals surface area (Å²) >= 11 is 0. The van der Waals surface area contributed by atoms with Crippen molar-refractivity contribution < 1.29 is 22.8 Å². The highest BCUT2D eigenvalue weighted by Crippen LogP contribution is 2.51. The van der Waals surface area contributed by atoms with E-state index >= 15 is 0 Å². The monoisotopic (exact) mass is 621 g/mol. The van der Waals surface area contributed by atoms with Gasteiger partial charge in [0.15, 0.2) is 0 Å². The fraction of sp³-hybridized carbons (Fsp3) is 0.167. The smallest absolute Gasteiger partial charge is 0.384 e. The van der Waals surface area contributed by atoms with Crippen molar-refractivity contribution in [2.24, 2.45) is 0 Å². The van der Waals surface area contributed by atoms with Gasteiger partial charge in [-0.3, -0.25) is 14.6 Å². The Morgan fingerprint density at radius 1 is 0.761 bits per heavy atom. The highest BCUT2D eigenvalue weighted by Gasteiger charge is 2.49. The SMILES string of the molecule is O=C(Nc1ccc(NCCCC2(C(=O)NCC(F)(F)F)c3ccccc3-c3ccccc32)cn1)c1ccccc1-c1cccnc1. The van der Waals surface area contributed by atoms with Crippen LogP contribution in [0.15, 0.2) is 116 Å². The highest BCUT2D eigenvalue weighted by atomic mass is 19.4. The van der Waals surface area contributed by atoms with Crippen LogP contribution < -0.4 is 16.0 Å². The molecule has 3 aromatic carbocycles. The van der Waals surface area contributed by atoms with E-state index in [0.717, 1.165) is 22.3 Å². The molecule has 2 heterocycles. The predicted molar refractivity (Wildman–Crippen MR) is 171 cm³/mol. The lowest BCUT2D eigenvalue weighted by Gasteiger charge is -2.31. The number of alkyl halides is 3. The number of aromatic nitrogens is 2. The first-order valence-corrected chi connectivity index (χ1v) is 14.8. The minimum absolute atomic E-state index is 0.287. The quantitative estimate of drug-likeness (QED) is 0.143. The second-order valence-corrected chi connectivity index (χ2v) is 11.0. The van der Waals surface area contributed by atoms with Gasteiger partial charge in [0.25, 0.3) is 5.91 Å². The first-order chi connectivity index (χ1) is 22.3. The first-order valence-electron chi connectivity index (χ1n) is 14.8. The number of nitrogens with zero attached hydrogens (tertiary/aromatic N) is 2. The molecule has 0 radical (unpaired) electrons. The van der Waals surface area contributed by atoms with Crippen molar-refractivity contribution in [2.75, 3.05) is 23.7 Å². The number of benzene rings is 3. The summed E-state index contributed by atoms with van der Waals surface area (Å²) in [6.07, 6.45) is 1.20. The van der Waals surface area contributed by atoms with Crippen LogP contribution >= 0.6 is 0 Å². The number of hydrogen-bond acceptors (Lipinski definition) is 5. The van der Waals surface area contributed by atoms with Gasteiger partial charge in [0.1, 0.15) is 17.8 Å². The number of hydrogen-bond donors (Lipinski definition) is 3. The molecule has 7 nitrogen and oxygen atoms in total. The molecule has 46 heavy (non-hydrogen) atoms. The van der Waals surface area contributed by atoms with E-state index < -0.39 is 24.0 Å². The minimum Gasteiger partial charge on any atom is -0.384 e. The predicted octanol–water partition coefficient (Wildman–Crippen LogP) is 7.23. The number of carbonyl (C=O) groups is 2. The molecular weight excluding hydrogens is 591 g/mol. The van der Waals surface area contributed by atoms with Gasteiger partial charge in [-0.05, 0) is 64.9 Å². The topological polar surface area (TPSA) is 96.0 Å². The lowest BCUT2D eigenvalue weighted by Crippen LogP contribution is -2.47. The van der Waals surface area contributed by atoms with Crippen molar-refractivity contribution in [3.05, 3.63) is 132 Å². The Hall–Kier alpha value is -5.51. The maximum Gasteiger partial charge on any atom is 0.405 e. The molecule has 5 aromatic rings. The number of rotatable bonds is 10. The standard InChI is InChI=1S/C36H30F3N5O2/c37-36(38,39)23-43-34(46)35(30-14-5-3-11-27(30)28-12-4-6-15-31(28)35)18-8-20-41-25-16-17-32(42-22-25)44-33(45)29-13-2-1-10-26(29)24-9-7-19-40-21-24/h1-7,9-17,19,21-22,41H,8,18,20,23H2,(H,43,46)(H,42,44,45). The molecule has 0 spiro atoms. The van der Waals surface area contributed by atoms with E-state index in [1.54, 1.807) is 55.0 Å². The Morgan fingerprint density at radius 2 is 1.43 bits per heavy atom. The van der Waals surface area contributed by atoms with E-state index in [0.29, 0.717) is 41.2 Å². The molecule has 2 aromatic heterocycles. The van der Waals surface area contributed by atoms with Crippen molar-refractivity contribution in [1.29, 1.82) is 0 Å². The van der Waals surface area contributed by atoms with Crippen molar-refractivity contribution in [3.63, 3.8) is 0 Å². The van der Waals surface area contributed by atoms with E-state index in [2.05, 4.69) is 25.9 Å². The van der Waals surface area contributed by atoms with Crippen LogP contribution in [0.3, 0.4) is 0 Å². The van der Waals surface area contributed by atoms with Crippen molar-refractivity contribution in [2.45, 2.75) is 24.4 Å². The van der Waals surface area contributed by atoms with Gasteiger partial charge < -0.3 is 16.0 Å². The summed E-state index contributed by atoms with van der Waals surface area (Å²) in [6.45, 7) is -0.968. The molecule has 0 saturated heterocycles. The van der Waals surface area contributed by atoms with Crippen molar-refractivity contribution in [3.8, 4) is 22.3 Å². The third kappa shape index (κ3) is 6.19. The molecule has 232 valence electrons. The van der Waals surface area contributed by atoms with Crippen LogP contribution in [0.4, 0.5) is 24.7 Å².